The van der Waals surface area contributed by atoms with Crippen molar-refractivity contribution in [2.75, 3.05) is 20.8 Å². The molecule has 1 N–H and O–H groups in total. The summed E-state index contributed by atoms with van der Waals surface area (Å²) >= 11 is 6.14. The van der Waals surface area contributed by atoms with Crippen molar-refractivity contribution in [2.45, 2.75) is 18.6 Å². The third-order valence-electron chi connectivity index (χ3n) is 3.65. The van der Waals surface area contributed by atoms with Crippen LogP contribution in [0.2, 0.25) is 5.15 Å². The molecule has 1 aliphatic rings. The topological polar surface area (TPSA) is 82.6 Å². The predicted molar refractivity (Wildman–Crippen MR) is 91.2 cm³/mol. The van der Waals surface area contributed by atoms with E-state index in [9.17, 15) is 4.79 Å². The van der Waals surface area contributed by atoms with Gasteiger partial charge in [-0.15, -0.1) is 12.4 Å². The van der Waals surface area contributed by atoms with Gasteiger partial charge in [-0.2, -0.15) is 0 Å². The number of ether oxygens (including phenoxy) is 3. The van der Waals surface area contributed by atoms with Gasteiger partial charge in [-0.1, -0.05) is 11.6 Å². The molecule has 3 rings (SSSR count). The van der Waals surface area contributed by atoms with E-state index in [0.717, 1.165) is 0 Å². The van der Waals surface area contributed by atoms with Crippen molar-refractivity contribution in [3.8, 4) is 11.6 Å². The molecule has 24 heavy (non-hydrogen) atoms. The SMILES string of the molecule is COC(=O)[C@@H]1C[C@@H](Oc2nc3cc(OC)ccc3nc2Cl)CN1.Cl. The standard InChI is InChI=1S/C15H16ClN3O4.ClH/c1-21-8-3-4-10-11(5-8)19-14(13(16)18-10)23-9-6-12(17-7-9)15(20)22-2;/h3-5,9,12,17H,6-7H2,1-2H3;1H/t9-,12+;/m1./s1. The van der Waals surface area contributed by atoms with Gasteiger partial charge in [0.25, 0.3) is 5.88 Å². The van der Waals surface area contributed by atoms with E-state index in [-0.39, 0.29) is 41.6 Å². The second-order valence-electron chi connectivity index (χ2n) is 5.13. The van der Waals surface area contributed by atoms with Gasteiger partial charge in [0, 0.05) is 19.0 Å². The largest absolute Gasteiger partial charge is 0.497 e. The van der Waals surface area contributed by atoms with Crippen LogP contribution in [-0.2, 0) is 9.53 Å². The normalized spacial score (nSPS) is 19.6. The Morgan fingerprint density at radius 2 is 2.08 bits per heavy atom. The first-order valence-corrected chi connectivity index (χ1v) is 7.47. The molecule has 2 heterocycles. The van der Waals surface area contributed by atoms with Crippen LogP contribution in [0.3, 0.4) is 0 Å². The molecule has 0 aliphatic carbocycles. The summed E-state index contributed by atoms with van der Waals surface area (Å²) in [4.78, 5) is 20.2. The average Bonchev–Trinajstić information content (AvgIpc) is 3.03. The highest BCUT2D eigenvalue weighted by Gasteiger charge is 2.32. The lowest BCUT2D eigenvalue weighted by Gasteiger charge is -2.13. The van der Waals surface area contributed by atoms with Crippen LogP contribution in [0.1, 0.15) is 6.42 Å². The van der Waals surface area contributed by atoms with Gasteiger partial charge in [0.1, 0.15) is 17.9 Å². The minimum Gasteiger partial charge on any atom is -0.497 e. The van der Waals surface area contributed by atoms with Gasteiger partial charge >= 0.3 is 5.97 Å². The minimum absolute atomic E-state index is 0. The van der Waals surface area contributed by atoms with Crippen LogP contribution in [0, 0.1) is 0 Å². The van der Waals surface area contributed by atoms with Gasteiger partial charge < -0.3 is 19.5 Å². The lowest BCUT2D eigenvalue weighted by Crippen LogP contribution is -2.31. The summed E-state index contributed by atoms with van der Waals surface area (Å²) in [6.45, 7) is 0.508. The Kier molecular flexibility index (Phi) is 6.04. The number of carbonyl (C=O) groups excluding carboxylic acids is 1. The number of benzene rings is 1. The Balaban J connectivity index is 0.00000208. The van der Waals surface area contributed by atoms with E-state index in [2.05, 4.69) is 15.3 Å². The number of halogens is 2. The van der Waals surface area contributed by atoms with Crippen LogP contribution in [0.4, 0.5) is 0 Å². The molecule has 1 fully saturated rings. The van der Waals surface area contributed by atoms with Gasteiger partial charge in [0.2, 0.25) is 0 Å². The Morgan fingerprint density at radius 1 is 1.29 bits per heavy atom. The molecule has 0 saturated carbocycles. The third kappa shape index (κ3) is 3.80. The Hall–Kier alpha value is -1.83. The van der Waals surface area contributed by atoms with Crippen LogP contribution >= 0.6 is 24.0 Å². The quantitative estimate of drug-likeness (QED) is 0.820. The van der Waals surface area contributed by atoms with E-state index in [1.54, 1.807) is 25.3 Å². The van der Waals surface area contributed by atoms with E-state index in [1.807, 2.05) is 0 Å². The maximum absolute atomic E-state index is 11.5. The minimum atomic E-state index is -0.378. The second kappa shape index (κ2) is 7.83. The van der Waals surface area contributed by atoms with Crippen LogP contribution in [0.15, 0.2) is 18.2 Å². The number of hydrogen-bond donors (Lipinski definition) is 1. The number of methoxy groups -OCH3 is 2. The molecule has 0 amide bonds. The smallest absolute Gasteiger partial charge is 0.323 e. The summed E-state index contributed by atoms with van der Waals surface area (Å²) < 4.78 is 15.7. The number of hydrogen-bond acceptors (Lipinski definition) is 7. The van der Waals surface area contributed by atoms with Crippen LogP contribution in [0.5, 0.6) is 11.6 Å². The molecule has 0 radical (unpaired) electrons. The summed E-state index contributed by atoms with van der Waals surface area (Å²) in [5.74, 6) is 0.606. The van der Waals surface area contributed by atoms with Gasteiger partial charge in [0.05, 0.1) is 25.3 Å². The van der Waals surface area contributed by atoms with Crippen LogP contribution < -0.4 is 14.8 Å². The van der Waals surface area contributed by atoms with Gasteiger partial charge in [-0.25, -0.2) is 9.97 Å². The fraction of sp³-hybridized carbons (Fsp3) is 0.400. The number of fused-ring (bicyclic) bond motifs is 1. The maximum atomic E-state index is 11.5. The highest BCUT2D eigenvalue weighted by molar-refractivity contribution is 6.31. The third-order valence-corrected chi connectivity index (χ3v) is 3.90. The lowest BCUT2D eigenvalue weighted by molar-refractivity contribution is -0.142. The zero-order valence-electron chi connectivity index (χ0n) is 13.1. The van der Waals surface area contributed by atoms with Gasteiger partial charge in [-0.05, 0) is 12.1 Å². The van der Waals surface area contributed by atoms with E-state index in [4.69, 9.17) is 25.8 Å². The van der Waals surface area contributed by atoms with Crippen molar-refractivity contribution >= 4 is 41.0 Å². The first kappa shape index (κ1) is 18.5. The summed E-state index contributed by atoms with van der Waals surface area (Å²) in [5.41, 5.74) is 1.28. The molecule has 130 valence electrons. The number of nitrogens with one attached hydrogen (secondary N) is 1. The molecule has 7 nitrogen and oxygen atoms in total. The molecule has 1 saturated heterocycles. The van der Waals surface area contributed by atoms with E-state index < -0.39 is 0 Å². The summed E-state index contributed by atoms with van der Waals surface area (Å²) in [6, 6.07) is 4.95. The second-order valence-corrected chi connectivity index (χ2v) is 5.49. The maximum Gasteiger partial charge on any atom is 0.323 e. The monoisotopic (exact) mass is 373 g/mol. The molecular formula is C15H17Cl2N3O4. The zero-order chi connectivity index (χ0) is 16.4. The molecule has 0 unspecified atom stereocenters. The molecule has 9 heteroatoms. The van der Waals surface area contributed by atoms with Crippen molar-refractivity contribution in [1.29, 1.82) is 0 Å². The summed E-state index contributed by atoms with van der Waals surface area (Å²) in [7, 11) is 2.94. The molecule has 1 aromatic heterocycles. The van der Waals surface area contributed by atoms with Crippen molar-refractivity contribution < 1.29 is 19.0 Å². The van der Waals surface area contributed by atoms with Crippen LogP contribution in [0.25, 0.3) is 11.0 Å². The Labute approximate surface area is 150 Å². The molecule has 0 spiro atoms. The molecule has 1 aliphatic heterocycles. The summed E-state index contributed by atoms with van der Waals surface area (Å²) in [6.07, 6.45) is 0.259. The van der Waals surface area contributed by atoms with Gasteiger partial charge in [0.15, 0.2) is 5.15 Å². The number of rotatable bonds is 4. The Bertz CT molecular complexity index is 744. The van der Waals surface area contributed by atoms with E-state index in [0.29, 0.717) is 29.7 Å². The van der Waals surface area contributed by atoms with Gasteiger partial charge in [-0.3, -0.25) is 4.79 Å². The van der Waals surface area contributed by atoms with Crippen molar-refractivity contribution in [1.82, 2.24) is 15.3 Å². The number of nitrogens with zero attached hydrogens (tertiary/aromatic N) is 2. The van der Waals surface area contributed by atoms with Crippen molar-refractivity contribution in [3.05, 3.63) is 23.4 Å². The molecular weight excluding hydrogens is 357 g/mol. The highest BCUT2D eigenvalue weighted by atomic mass is 35.5. The van der Waals surface area contributed by atoms with E-state index >= 15 is 0 Å². The first-order valence-electron chi connectivity index (χ1n) is 7.10. The Morgan fingerprint density at radius 3 is 2.79 bits per heavy atom. The fourth-order valence-electron chi connectivity index (χ4n) is 2.47. The number of aromatic nitrogens is 2. The zero-order valence-corrected chi connectivity index (χ0v) is 14.7. The van der Waals surface area contributed by atoms with Crippen molar-refractivity contribution in [3.63, 3.8) is 0 Å². The molecule has 2 atom stereocenters. The predicted octanol–water partition coefficient (Wildman–Crippen LogP) is 2.00. The van der Waals surface area contributed by atoms with E-state index in [1.165, 1.54) is 7.11 Å². The van der Waals surface area contributed by atoms with Crippen LogP contribution in [-0.4, -0.2) is 48.8 Å². The first-order chi connectivity index (χ1) is 11.1. The fourth-order valence-corrected chi connectivity index (χ4v) is 2.65. The highest BCUT2D eigenvalue weighted by Crippen LogP contribution is 2.27. The molecule has 2 aromatic rings. The average molecular weight is 374 g/mol. The lowest BCUT2D eigenvalue weighted by atomic mass is 10.2. The molecule has 1 aromatic carbocycles. The van der Waals surface area contributed by atoms with Crippen molar-refractivity contribution in [2.24, 2.45) is 0 Å². The molecule has 0 bridgehead atoms. The summed E-state index contributed by atoms with van der Waals surface area (Å²) in [5, 5.41) is 3.23. The number of esters is 1. The number of carbonyl (C=O) groups is 1.